The van der Waals surface area contributed by atoms with Gasteiger partial charge < -0.3 is 0 Å². The molecule has 0 unspecified atom stereocenters. The SMILES string of the molecule is Cc1c(CN=O)cncc1C(C)C. The van der Waals surface area contributed by atoms with Crippen molar-refractivity contribution in [3.05, 3.63) is 34.0 Å². The molecule has 0 fully saturated rings. The maximum absolute atomic E-state index is 10.1. The van der Waals surface area contributed by atoms with Crippen molar-refractivity contribution in [3.8, 4) is 0 Å². The molecule has 0 bridgehead atoms. The highest BCUT2D eigenvalue weighted by Crippen LogP contribution is 2.20. The van der Waals surface area contributed by atoms with Crippen molar-refractivity contribution in [2.45, 2.75) is 33.2 Å². The number of hydrogen-bond acceptors (Lipinski definition) is 3. The molecule has 3 nitrogen and oxygen atoms in total. The summed E-state index contributed by atoms with van der Waals surface area (Å²) in [5.41, 5.74) is 3.27. The molecule has 0 aliphatic carbocycles. The number of nitrogens with zero attached hydrogens (tertiary/aromatic N) is 2. The molecule has 0 atom stereocenters. The maximum Gasteiger partial charge on any atom is 0.108 e. The molecule has 0 aliphatic rings. The summed E-state index contributed by atoms with van der Waals surface area (Å²) in [6.07, 6.45) is 3.57. The molecule has 1 heterocycles. The van der Waals surface area contributed by atoms with Crippen LogP contribution >= 0.6 is 0 Å². The third-order valence-corrected chi connectivity index (χ3v) is 2.22. The lowest BCUT2D eigenvalue weighted by Gasteiger charge is -2.10. The lowest BCUT2D eigenvalue weighted by atomic mass is 9.97. The summed E-state index contributed by atoms with van der Waals surface area (Å²) in [4.78, 5) is 14.2. The molecule has 1 aromatic rings. The Morgan fingerprint density at radius 3 is 2.69 bits per heavy atom. The van der Waals surface area contributed by atoms with Gasteiger partial charge in [0.15, 0.2) is 0 Å². The minimum atomic E-state index is 0.222. The summed E-state index contributed by atoms with van der Waals surface area (Å²) >= 11 is 0. The molecule has 0 aliphatic heterocycles. The van der Waals surface area contributed by atoms with E-state index in [9.17, 15) is 4.91 Å². The Kier molecular flexibility index (Phi) is 3.12. The largest absolute Gasteiger partial charge is 0.264 e. The average molecular weight is 178 g/mol. The molecule has 0 N–H and O–H groups in total. The normalized spacial score (nSPS) is 10.5. The van der Waals surface area contributed by atoms with E-state index in [0.29, 0.717) is 5.92 Å². The summed E-state index contributed by atoms with van der Waals surface area (Å²) in [6.45, 7) is 6.46. The number of nitroso groups, excluding NO2 is 1. The Morgan fingerprint density at radius 2 is 2.15 bits per heavy atom. The van der Waals surface area contributed by atoms with Crippen LogP contribution in [0, 0.1) is 11.8 Å². The summed E-state index contributed by atoms with van der Waals surface area (Å²) < 4.78 is 0. The van der Waals surface area contributed by atoms with Gasteiger partial charge in [-0.15, -0.1) is 0 Å². The van der Waals surface area contributed by atoms with Gasteiger partial charge in [-0.2, -0.15) is 4.91 Å². The Labute approximate surface area is 78.2 Å². The molecule has 0 spiro atoms. The first-order valence-corrected chi connectivity index (χ1v) is 4.39. The number of hydrogen-bond donors (Lipinski definition) is 0. The molecule has 3 heteroatoms. The summed E-state index contributed by atoms with van der Waals surface area (Å²) in [5.74, 6) is 0.444. The van der Waals surface area contributed by atoms with Crippen LogP contribution in [0.25, 0.3) is 0 Å². The van der Waals surface area contributed by atoms with E-state index in [1.54, 1.807) is 6.20 Å². The first-order chi connectivity index (χ1) is 6.16. The zero-order valence-corrected chi connectivity index (χ0v) is 8.24. The highest BCUT2D eigenvalue weighted by atomic mass is 16.3. The second-order valence-corrected chi connectivity index (χ2v) is 3.45. The van der Waals surface area contributed by atoms with Crippen molar-refractivity contribution in [1.29, 1.82) is 0 Å². The van der Waals surface area contributed by atoms with Gasteiger partial charge in [-0.1, -0.05) is 19.0 Å². The third-order valence-electron chi connectivity index (χ3n) is 2.22. The van der Waals surface area contributed by atoms with E-state index in [4.69, 9.17) is 0 Å². The van der Waals surface area contributed by atoms with E-state index >= 15 is 0 Å². The molecule has 0 amide bonds. The van der Waals surface area contributed by atoms with E-state index < -0.39 is 0 Å². The molecule has 1 aromatic heterocycles. The predicted molar refractivity (Wildman–Crippen MR) is 52.6 cm³/mol. The third kappa shape index (κ3) is 2.11. The van der Waals surface area contributed by atoms with Gasteiger partial charge in [0.05, 0.1) is 0 Å². The Morgan fingerprint density at radius 1 is 1.46 bits per heavy atom. The van der Waals surface area contributed by atoms with E-state index in [-0.39, 0.29) is 6.54 Å². The van der Waals surface area contributed by atoms with Gasteiger partial charge in [0, 0.05) is 12.4 Å². The highest BCUT2D eigenvalue weighted by Gasteiger charge is 2.07. The van der Waals surface area contributed by atoms with Gasteiger partial charge in [0.2, 0.25) is 0 Å². The molecule has 13 heavy (non-hydrogen) atoms. The van der Waals surface area contributed by atoms with Crippen molar-refractivity contribution < 1.29 is 0 Å². The first-order valence-electron chi connectivity index (χ1n) is 4.39. The van der Waals surface area contributed by atoms with Crippen molar-refractivity contribution >= 4 is 0 Å². The minimum Gasteiger partial charge on any atom is -0.264 e. The number of rotatable bonds is 3. The second-order valence-electron chi connectivity index (χ2n) is 3.45. The van der Waals surface area contributed by atoms with Crippen molar-refractivity contribution in [2.24, 2.45) is 5.18 Å². The summed E-state index contributed by atoms with van der Waals surface area (Å²) in [7, 11) is 0. The second kappa shape index (κ2) is 4.12. The fourth-order valence-corrected chi connectivity index (χ4v) is 1.40. The molecule has 0 aromatic carbocycles. The Balaban J connectivity index is 3.10. The number of aromatic nitrogens is 1. The molecule has 1 rings (SSSR count). The zero-order chi connectivity index (χ0) is 9.84. The topological polar surface area (TPSA) is 42.3 Å². The highest BCUT2D eigenvalue weighted by molar-refractivity contribution is 5.32. The fourth-order valence-electron chi connectivity index (χ4n) is 1.40. The molecular weight excluding hydrogens is 164 g/mol. The number of pyridine rings is 1. The van der Waals surface area contributed by atoms with Crippen LogP contribution in [0.2, 0.25) is 0 Å². The lowest BCUT2D eigenvalue weighted by Crippen LogP contribution is -1.98. The fraction of sp³-hybridized carbons (Fsp3) is 0.500. The van der Waals surface area contributed by atoms with Crippen LogP contribution in [0.15, 0.2) is 17.6 Å². The van der Waals surface area contributed by atoms with E-state index in [0.717, 1.165) is 11.1 Å². The maximum atomic E-state index is 10.1. The molecule has 0 saturated carbocycles. The van der Waals surface area contributed by atoms with Crippen LogP contribution in [0.5, 0.6) is 0 Å². The lowest BCUT2D eigenvalue weighted by molar-refractivity contribution is 0.836. The van der Waals surface area contributed by atoms with Gasteiger partial charge in [0.1, 0.15) is 6.54 Å². The zero-order valence-electron chi connectivity index (χ0n) is 8.24. The predicted octanol–water partition coefficient (Wildman–Crippen LogP) is 2.78. The standard InChI is InChI=1S/C10H14N2O/c1-7(2)10-6-11-4-9(5-12-13)8(10)3/h4,6-7H,5H2,1-3H3. The molecule has 70 valence electrons. The van der Waals surface area contributed by atoms with E-state index in [2.05, 4.69) is 24.0 Å². The van der Waals surface area contributed by atoms with E-state index in [1.807, 2.05) is 13.1 Å². The van der Waals surface area contributed by atoms with Crippen molar-refractivity contribution in [3.63, 3.8) is 0 Å². The van der Waals surface area contributed by atoms with Crippen LogP contribution in [-0.4, -0.2) is 4.98 Å². The van der Waals surface area contributed by atoms with Gasteiger partial charge in [0.25, 0.3) is 0 Å². The molecule has 0 radical (unpaired) electrons. The van der Waals surface area contributed by atoms with Gasteiger partial charge in [-0.3, -0.25) is 4.98 Å². The van der Waals surface area contributed by atoms with Gasteiger partial charge in [-0.25, -0.2) is 0 Å². The Hall–Kier alpha value is -1.25. The van der Waals surface area contributed by atoms with Crippen molar-refractivity contribution in [1.82, 2.24) is 4.98 Å². The minimum absolute atomic E-state index is 0.222. The van der Waals surface area contributed by atoms with Crippen LogP contribution in [0.3, 0.4) is 0 Å². The summed E-state index contributed by atoms with van der Waals surface area (Å²) in [6, 6.07) is 0. The molecule has 0 saturated heterocycles. The average Bonchev–Trinajstić information content (AvgIpc) is 2.08. The van der Waals surface area contributed by atoms with Crippen LogP contribution in [0.1, 0.15) is 36.5 Å². The quantitative estimate of drug-likeness (QED) is 0.668. The van der Waals surface area contributed by atoms with Crippen LogP contribution in [0.4, 0.5) is 0 Å². The summed E-state index contributed by atoms with van der Waals surface area (Å²) in [5, 5.41) is 2.88. The van der Waals surface area contributed by atoms with Crippen LogP contribution < -0.4 is 0 Å². The van der Waals surface area contributed by atoms with Crippen molar-refractivity contribution in [2.75, 3.05) is 0 Å². The first kappa shape index (κ1) is 9.84. The monoisotopic (exact) mass is 178 g/mol. The molecular formula is C10H14N2O. The van der Waals surface area contributed by atoms with Crippen LogP contribution in [-0.2, 0) is 6.54 Å². The van der Waals surface area contributed by atoms with E-state index in [1.165, 1.54) is 5.56 Å². The van der Waals surface area contributed by atoms with Gasteiger partial charge >= 0.3 is 0 Å². The Bertz CT molecular complexity index is 308. The van der Waals surface area contributed by atoms with Gasteiger partial charge in [-0.05, 0) is 29.5 Å². The smallest absolute Gasteiger partial charge is 0.108 e.